The van der Waals surface area contributed by atoms with Crippen molar-refractivity contribution in [1.29, 1.82) is 0 Å². The molecular weight excluding hydrogens is 522 g/mol. The van der Waals surface area contributed by atoms with E-state index in [1.807, 2.05) is 18.3 Å². The maximum absolute atomic E-state index is 13.3. The Labute approximate surface area is 232 Å². The van der Waals surface area contributed by atoms with E-state index in [4.69, 9.17) is 4.74 Å². The number of rotatable bonds is 10. The van der Waals surface area contributed by atoms with Gasteiger partial charge >= 0.3 is 5.97 Å². The topological polar surface area (TPSA) is 190 Å². The van der Waals surface area contributed by atoms with Gasteiger partial charge in [0.15, 0.2) is 12.4 Å². The molecule has 1 amide bonds. The van der Waals surface area contributed by atoms with E-state index in [2.05, 4.69) is 6.92 Å². The highest BCUT2D eigenvalue weighted by atomic mass is 16.5. The fraction of sp³-hybridized carbons (Fsp3) is 0.724. The summed E-state index contributed by atoms with van der Waals surface area (Å²) in [5.74, 6) is -4.80. The monoisotopic (exact) mass is 559 g/mol. The third-order valence-electron chi connectivity index (χ3n) is 10.5. The smallest absolute Gasteiger partial charge is 0.306 e. The van der Waals surface area contributed by atoms with Crippen molar-refractivity contribution in [3.8, 4) is 0 Å². The molecule has 3 fully saturated rings. The van der Waals surface area contributed by atoms with Gasteiger partial charge in [0, 0.05) is 30.6 Å². The van der Waals surface area contributed by atoms with Crippen molar-refractivity contribution in [2.45, 2.75) is 96.1 Å². The molecule has 0 aromatic heterocycles. The molecule has 4 aliphatic carbocycles. The fourth-order valence-corrected chi connectivity index (χ4v) is 8.21. The third-order valence-corrected chi connectivity index (χ3v) is 10.5. The molecule has 0 unspecified atom stereocenters. The highest BCUT2D eigenvalue weighted by Gasteiger charge is 2.66. The van der Waals surface area contributed by atoms with Gasteiger partial charge in [0.25, 0.3) is 0 Å². The average molecular weight is 560 g/mol. The maximum Gasteiger partial charge on any atom is 0.306 e. The van der Waals surface area contributed by atoms with Crippen LogP contribution in [-0.4, -0.2) is 58.7 Å². The van der Waals surface area contributed by atoms with E-state index in [0.29, 0.717) is 31.1 Å². The first kappa shape index (κ1) is 29.9. The lowest BCUT2D eigenvalue weighted by Crippen LogP contribution is -2.58. The van der Waals surface area contributed by atoms with Crippen molar-refractivity contribution in [2.75, 3.05) is 6.61 Å². The zero-order chi connectivity index (χ0) is 29.5. The lowest BCUT2D eigenvalue weighted by atomic mass is 9.46. The number of ketones is 2. The maximum atomic E-state index is 13.3. The molecule has 4 aliphatic rings. The second kappa shape index (κ2) is 11.1. The number of aliphatic hydroxyl groups is 1. The van der Waals surface area contributed by atoms with E-state index in [0.717, 1.165) is 25.7 Å². The number of carbonyl (C=O) groups excluding carboxylic acids is 6. The van der Waals surface area contributed by atoms with Crippen molar-refractivity contribution in [3.05, 3.63) is 11.6 Å². The van der Waals surface area contributed by atoms with Crippen molar-refractivity contribution >= 4 is 35.4 Å². The number of allylic oxidation sites excluding steroid dienone is 1. The summed E-state index contributed by atoms with van der Waals surface area (Å²) in [4.78, 5) is 71.1. The molecule has 0 saturated heterocycles. The summed E-state index contributed by atoms with van der Waals surface area (Å²) in [6, 6.07) is -1.80. The lowest BCUT2D eigenvalue weighted by molar-refractivity contribution is -0.317. The number of hydrogen-bond acceptors (Lipinski definition) is 10. The Kier molecular flexibility index (Phi) is 8.27. The molecule has 40 heavy (non-hydrogen) atoms. The van der Waals surface area contributed by atoms with Crippen molar-refractivity contribution in [3.63, 3.8) is 0 Å². The zero-order valence-corrected chi connectivity index (χ0v) is 23.0. The first-order valence-corrected chi connectivity index (χ1v) is 14.1. The summed E-state index contributed by atoms with van der Waals surface area (Å²) in [5.41, 5.74) is -1.10. The van der Waals surface area contributed by atoms with Gasteiger partial charge in [-0.15, -0.1) is 0 Å². The number of amides is 1. The number of esters is 1. The molecule has 220 valence electrons. The Hall–Kier alpha value is -3.08. The third kappa shape index (κ3) is 5.32. The summed E-state index contributed by atoms with van der Waals surface area (Å²) < 4.78 is 5.08. The first-order valence-electron chi connectivity index (χ1n) is 14.1. The average Bonchev–Trinajstić information content (AvgIpc) is 3.17. The Morgan fingerprint density at radius 1 is 1.02 bits per heavy atom. The minimum Gasteiger partial charge on any atom is -0.550 e. The van der Waals surface area contributed by atoms with E-state index in [1.54, 1.807) is 0 Å². The second-order valence-corrected chi connectivity index (χ2v) is 12.4. The van der Waals surface area contributed by atoms with E-state index >= 15 is 0 Å². The Bertz CT molecular complexity index is 1150. The quantitative estimate of drug-likeness (QED) is 0.331. The van der Waals surface area contributed by atoms with Crippen LogP contribution < -0.4 is 15.5 Å². The standard InChI is InChI=1S/C29H39NO10/c1-27-10-7-17(31)13-16(27)3-4-18-19(27)8-11-28(2)20(18)9-12-29(28,39)22(32)15-40-25(36)6-5-23(33)30-21(26(37)38)14-24(34)35/h13,18-21,39H,3-12,14-15H2,1-2H3,(H,30,33)(H,34,35)(H,37,38)/p-2/t18-,19+,20-,21-,27+,28-,29+/m0/s1. The molecule has 4 rings (SSSR count). The van der Waals surface area contributed by atoms with Crippen LogP contribution in [0.2, 0.25) is 0 Å². The largest absolute Gasteiger partial charge is 0.550 e. The lowest BCUT2D eigenvalue weighted by Gasteiger charge is -2.58. The van der Waals surface area contributed by atoms with E-state index < -0.39 is 72.5 Å². The number of carbonyl (C=O) groups is 6. The number of carboxylic acids is 2. The summed E-state index contributed by atoms with van der Waals surface area (Å²) in [6.45, 7) is 3.58. The summed E-state index contributed by atoms with van der Waals surface area (Å²) in [6.07, 6.45) is 5.52. The van der Waals surface area contributed by atoms with E-state index in [9.17, 15) is 44.1 Å². The van der Waals surface area contributed by atoms with Crippen LogP contribution in [0.1, 0.15) is 84.5 Å². The molecule has 11 heteroatoms. The van der Waals surface area contributed by atoms with Crippen LogP contribution >= 0.6 is 0 Å². The number of nitrogens with one attached hydrogen (secondary N) is 1. The van der Waals surface area contributed by atoms with Gasteiger partial charge in [-0.05, 0) is 74.2 Å². The van der Waals surface area contributed by atoms with Gasteiger partial charge in [0.1, 0.15) is 5.60 Å². The summed E-state index contributed by atoms with van der Waals surface area (Å²) >= 11 is 0. The SMILES string of the molecule is C[C@]12CC[C@@H]3[C@H](CCC4=CC(=O)CC[C@]43C)[C@@H]1CC[C@@]2(O)C(=O)COC(=O)CCC(=O)N[C@@H](CC(=O)[O-])C(=O)[O-]. The van der Waals surface area contributed by atoms with Crippen LogP contribution in [0, 0.1) is 28.6 Å². The van der Waals surface area contributed by atoms with Crippen molar-refractivity contribution in [1.82, 2.24) is 5.32 Å². The number of aliphatic carboxylic acids is 2. The number of carboxylic acid groups (broad SMARTS) is 2. The van der Waals surface area contributed by atoms with Crippen LogP contribution in [0.5, 0.6) is 0 Å². The van der Waals surface area contributed by atoms with E-state index in [1.165, 1.54) is 5.57 Å². The van der Waals surface area contributed by atoms with Gasteiger partial charge in [0.05, 0.1) is 18.4 Å². The highest BCUT2D eigenvalue weighted by Crippen LogP contribution is 2.67. The molecule has 0 bridgehead atoms. The van der Waals surface area contributed by atoms with Gasteiger partial charge in [-0.25, -0.2) is 0 Å². The predicted molar refractivity (Wildman–Crippen MR) is 133 cm³/mol. The molecule has 3 saturated carbocycles. The Morgan fingerprint density at radius 3 is 2.40 bits per heavy atom. The molecule has 0 heterocycles. The first-order chi connectivity index (χ1) is 18.7. The molecular formula is C29H37NO10-2. The second-order valence-electron chi connectivity index (χ2n) is 12.4. The molecule has 11 nitrogen and oxygen atoms in total. The predicted octanol–water partition coefficient (Wildman–Crippen LogP) is -0.483. The number of fused-ring (bicyclic) bond motifs is 5. The molecule has 0 aromatic carbocycles. The molecule has 0 aliphatic heterocycles. The molecule has 0 aromatic rings. The van der Waals surface area contributed by atoms with Gasteiger partial charge in [-0.3, -0.25) is 19.2 Å². The Morgan fingerprint density at radius 2 is 1.73 bits per heavy atom. The van der Waals surface area contributed by atoms with Crippen LogP contribution in [0.3, 0.4) is 0 Å². The van der Waals surface area contributed by atoms with Gasteiger partial charge < -0.3 is 35.0 Å². The Balaban J connectivity index is 1.33. The van der Waals surface area contributed by atoms with Crippen LogP contribution in [0.25, 0.3) is 0 Å². The van der Waals surface area contributed by atoms with Gasteiger partial charge in [-0.1, -0.05) is 19.4 Å². The number of hydrogen-bond donors (Lipinski definition) is 2. The minimum absolute atomic E-state index is 0.0315. The molecule has 2 N–H and O–H groups in total. The summed E-state index contributed by atoms with van der Waals surface area (Å²) in [5, 5.41) is 35.2. The van der Waals surface area contributed by atoms with Gasteiger partial charge in [0.2, 0.25) is 11.7 Å². The minimum atomic E-state index is -1.80. The molecule has 0 spiro atoms. The zero-order valence-electron chi connectivity index (χ0n) is 23.0. The fourth-order valence-electron chi connectivity index (χ4n) is 8.21. The number of Topliss-reactive ketones (excluding diaryl/α,β-unsaturated/α-hetero) is 1. The van der Waals surface area contributed by atoms with Crippen LogP contribution in [0.4, 0.5) is 0 Å². The molecule has 0 radical (unpaired) electrons. The van der Waals surface area contributed by atoms with Gasteiger partial charge in [-0.2, -0.15) is 0 Å². The highest BCUT2D eigenvalue weighted by molar-refractivity contribution is 5.92. The summed E-state index contributed by atoms with van der Waals surface area (Å²) in [7, 11) is 0. The number of ether oxygens (including phenoxy) is 1. The van der Waals surface area contributed by atoms with Crippen molar-refractivity contribution in [2.24, 2.45) is 28.6 Å². The normalized spacial score (nSPS) is 35.3. The van der Waals surface area contributed by atoms with Crippen LogP contribution in [-0.2, 0) is 33.5 Å². The van der Waals surface area contributed by atoms with Crippen molar-refractivity contribution < 1.29 is 48.8 Å². The van der Waals surface area contributed by atoms with Crippen LogP contribution in [0.15, 0.2) is 11.6 Å². The van der Waals surface area contributed by atoms with E-state index in [-0.39, 0.29) is 23.5 Å². The molecule has 7 atom stereocenters.